The van der Waals surface area contributed by atoms with Gasteiger partial charge in [0, 0.05) is 35.7 Å². The minimum Gasteiger partial charge on any atom is -0.308 e. The molecule has 0 aromatic heterocycles. The molecular formula is C17H24BrFN2. The first-order valence-corrected chi connectivity index (χ1v) is 8.80. The summed E-state index contributed by atoms with van der Waals surface area (Å²) in [5.74, 6) is -0.158. The molecule has 0 amide bonds. The largest absolute Gasteiger partial charge is 0.308 e. The van der Waals surface area contributed by atoms with Crippen molar-refractivity contribution in [3.05, 3.63) is 34.1 Å². The van der Waals surface area contributed by atoms with Crippen LogP contribution in [0.15, 0.2) is 22.7 Å². The summed E-state index contributed by atoms with van der Waals surface area (Å²) < 4.78 is 14.4. The Morgan fingerprint density at radius 2 is 2.05 bits per heavy atom. The molecule has 2 nitrogen and oxygen atoms in total. The van der Waals surface area contributed by atoms with Crippen LogP contribution in [-0.2, 0) is 6.54 Å². The lowest BCUT2D eigenvalue weighted by molar-refractivity contribution is 0.0572. The molecule has 2 fully saturated rings. The third-order valence-corrected chi connectivity index (χ3v) is 5.48. The number of halogens is 2. The molecule has 1 aliphatic heterocycles. The number of rotatable bonds is 2. The Labute approximate surface area is 135 Å². The highest BCUT2D eigenvalue weighted by atomic mass is 79.9. The van der Waals surface area contributed by atoms with Crippen molar-refractivity contribution in [1.82, 2.24) is 10.2 Å². The van der Waals surface area contributed by atoms with Crippen LogP contribution in [0.2, 0.25) is 0 Å². The zero-order valence-electron chi connectivity index (χ0n) is 12.7. The second kappa shape index (κ2) is 6.35. The number of hydrogen-bond acceptors (Lipinski definition) is 2. The fourth-order valence-electron chi connectivity index (χ4n) is 3.81. The average molecular weight is 355 g/mol. The van der Waals surface area contributed by atoms with Gasteiger partial charge in [-0.3, -0.25) is 4.90 Å². The number of benzene rings is 1. The summed E-state index contributed by atoms with van der Waals surface area (Å²) in [6.07, 6.45) is 6.60. The highest BCUT2D eigenvalue weighted by Crippen LogP contribution is 2.32. The molecule has 1 aliphatic carbocycles. The van der Waals surface area contributed by atoms with E-state index in [0.29, 0.717) is 11.6 Å². The minimum absolute atomic E-state index is 0.158. The van der Waals surface area contributed by atoms with Gasteiger partial charge in [-0.1, -0.05) is 35.2 Å². The number of nitrogens with one attached hydrogen (secondary N) is 1. The molecule has 2 aliphatic rings. The molecular weight excluding hydrogens is 331 g/mol. The molecule has 3 rings (SSSR count). The van der Waals surface area contributed by atoms with Gasteiger partial charge in [0.2, 0.25) is 0 Å². The van der Waals surface area contributed by atoms with Crippen LogP contribution in [0.4, 0.5) is 4.39 Å². The second-order valence-corrected chi connectivity index (χ2v) is 7.67. The number of hydrogen-bond donors (Lipinski definition) is 1. The van der Waals surface area contributed by atoms with E-state index in [0.717, 1.165) is 29.7 Å². The van der Waals surface area contributed by atoms with Crippen molar-refractivity contribution in [2.45, 2.75) is 57.2 Å². The van der Waals surface area contributed by atoms with Gasteiger partial charge in [0.1, 0.15) is 5.82 Å². The Balaban J connectivity index is 1.73. The molecule has 1 N–H and O–H groups in total. The maximum absolute atomic E-state index is 13.6. The monoisotopic (exact) mass is 354 g/mol. The quantitative estimate of drug-likeness (QED) is 0.860. The van der Waals surface area contributed by atoms with Crippen LogP contribution < -0.4 is 5.32 Å². The first kappa shape index (κ1) is 15.4. The van der Waals surface area contributed by atoms with Gasteiger partial charge in [-0.05, 0) is 43.5 Å². The van der Waals surface area contributed by atoms with Crippen LogP contribution in [-0.4, -0.2) is 29.6 Å². The lowest BCUT2D eigenvalue weighted by Gasteiger charge is -2.49. The van der Waals surface area contributed by atoms with E-state index in [1.54, 1.807) is 6.07 Å². The second-order valence-electron chi connectivity index (χ2n) is 6.75. The first-order valence-electron chi connectivity index (χ1n) is 8.00. The highest BCUT2D eigenvalue weighted by molar-refractivity contribution is 9.10. The van der Waals surface area contributed by atoms with Crippen molar-refractivity contribution < 1.29 is 4.39 Å². The number of piperazine rings is 1. The summed E-state index contributed by atoms with van der Waals surface area (Å²) in [7, 11) is 0. The maximum Gasteiger partial charge on any atom is 0.124 e. The van der Waals surface area contributed by atoms with Gasteiger partial charge in [-0.2, -0.15) is 0 Å². The fourth-order valence-corrected chi connectivity index (χ4v) is 4.32. The van der Waals surface area contributed by atoms with Gasteiger partial charge in [0.05, 0.1) is 0 Å². The van der Waals surface area contributed by atoms with E-state index in [9.17, 15) is 4.39 Å². The van der Waals surface area contributed by atoms with Gasteiger partial charge in [-0.15, -0.1) is 0 Å². The topological polar surface area (TPSA) is 15.3 Å². The van der Waals surface area contributed by atoms with Gasteiger partial charge in [-0.25, -0.2) is 4.39 Å². The van der Waals surface area contributed by atoms with Gasteiger partial charge < -0.3 is 5.32 Å². The Morgan fingerprint density at radius 3 is 2.76 bits per heavy atom. The Kier molecular flexibility index (Phi) is 4.67. The van der Waals surface area contributed by atoms with Crippen molar-refractivity contribution in [3.8, 4) is 0 Å². The van der Waals surface area contributed by atoms with E-state index >= 15 is 0 Å². The Hall–Kier alpha value is -0.450. The zero-order chi connectivity index (χ0) is 14.9. The Bertz CT molecular complexity index is 479. The summed E-state index contributed by atoms with van der Waals surface area (Å²) in [4.78, 5) is 2.52. The lowest BCUT2D eigenvalue weighted by atomic mass is 9.79. The van der Waals surface area contributed by atoms with Crippen molar-refractivity contribution in [3.63, 3.8) is 0 Å². The van der Waals surface area contributed by atoms with Crippen molar-refractivity contribution in [2.75, 3.05) is 13.1 Å². The normalized spacial score (nSPS) is 26.1. The molecule has 4 heteroatoms. The molecule has 116 valence electrons. The van der Waals surface area contributed by atoms with Crippen molar-refractivity contribution in [2.24, 2.45) is 0 Å². The molecule has 1 saturated heterocycles. The molecule has 0 bridgehead atoms. The SMILES string of the molecule is CC1CNC2(CCCCC2)CN1Cc1cc(F)cc(Br)c1. The van der Waals surface area contributed by atoms with Gasteiger partial charge in [0.25, 0.3) is 0 Å². The van der Waals surface area contributed by atoms with Crippen LogP contribution in [0.5, 0.6) is 0 Å². The highest BCUT2D eigenvalue weighted by Gasteiger charge is 2.38. The molecule has 1 atom stereocenters. The van der Waals surface area contributed by atoms with Gasteiger partial charge >= 0.3 is 0 Å². The summed E-state index contributed by atoms with van der Waals surface area (Å²) >= 11 is 3.39. The number of nitrogens with zero attached hydrogens (tertiary/aromatic N) is 1. The standard InChI is InChI=1S/C17H24BrFN2/c1-13-10-20-17(5-3-2-4-6-17)12-21(13)11-14-7-15(18)9-16(19)8-14/h7-9,13,20H,2-6,10-12H2,1H3. The van der Waals surface area contributed by atoms with Crippen LogP contribution in [0.1, 0.15) is 44.6 Å². The smallest absolute Gasteiger partial charge is 0.124 e. The van der Waals surface area contributed by atoms with E-state index in [1.807, 2.05) is 6.07 Å². The summed E-state index contributed by atoms with van der Waals surface area (Å²) in [5.41, 5.74) is 1.36. The summed E-state index contributed by atoms with van der Waals surface area (Å²) in [6, 6.07) is 5.71. The van der Waals surface area contributed by atoms with Crippen LogP contribution in [0, 0.1) is 5.82 Å². The van der Waals surface area contributed by atoms with Gasteiger partial charge in [0.15, 0.2) is 0 Å². The maximum atomic E-state index is 13.6. The molecule has 21 heavy (non-hydrogen) atoms. The molecule has 0 radical (unpaired) electrons. The zero-order valence-corrected chi connectivity index (χ0v) is 14.3. The molecule has 1 saturated carbocycles. The molecule has 1 aromatic rings. The third-order valence-electron chi connectivity index (χ3n) is 5.02. The lowest BCUT2D eigenvalue weighted by Crippen LogP contribution is -2.63. The fraction of sp³-hybridized carbons (Fsp3) is 0.647. The molecule has 1 spiro atoms. The average Bonchev–Trinajstić information content (AvgIpc) is 2.43. The van der Waals surface area contributed by atoms with E-state index in [4.69, 9.17) is 0 Å². The van der Waals surface area contributed by atoms with Crippen molar-refractivity contribution >= 4 is 15.9 Å². The Morgan fingerprint density at radius 1 is 1.29 bits per heavy atom. The third kappa shape index (κ3) is 3.66. The van der Waals surface area contributed by atoms with Crippen LogP contribution in [0.25, 0.3) is 0 Å². The van der Waals surface area contributed by atoms with Crippen LogP contribution in [0.3, 0.4) is 0 Å². The first-order chi connectivity index (χ1) is 10.1. The van der Waals surface area contributed by atoms with E-state index in [2.05, 4.69) is 33.1 Å². The minimum atomic E-state index is -0.158. The predicted octanol–water partition coefficient (Wildman–Crippen LogP) is 4.08. The van der Waals surface area contributed by atoms with Crippen molar-refractivity contribution in [1.29, 1.82) is 0 Å². The summed E-state index contributed by atoms with van der Waals surface area (Å²) in [5, 5.41) is 3.80. The molecule has 1 unspecified atom stereocenters. The van der Waals surface area contributed by atoms with E-state index in [-0.39, 0.29) is 5.82 Å². The summed E-state index contributed by atoms with van der Waals surface area (Å²) in [6.45, 7) is 5.22. The van der Waals surface area contributed by atoms with E-state index in [1.165, 1.54) is 38.2 Å². The predicted molar refractivity (Wildman–Crippen MR) is 87.8 cm³/mol. The molecule has 1 heterocycles. The molecule has 1 aromatic carbocycles. The van der Waals surface area contributed by atoms with E-state index < -0.39 is 0 Å². The van der Waals surface area contributed by atoms with Crippen LogP contribution >= 0.6 is 15.9 Å².